The summed E-state index contributed by atoms with van der Waals surface area (Å²) in [6.07, 6.45) is 2.78. The van der Waals surface area contributed by atoms with Gasteiger partial charge in [0.15, 0.2) is 0 Å². The molecule has 0 fully saturated rings. The number of fused-ring (bicyclic) bond motifs is 18. The molecule has 0 aliphatic carbocycles. The van der Waals surface area contributed by atoms with Gasteiger partial charge in [-0.05, 0) is 47.9 Å². The predicted molar refractivity (Wildman–Crippen MR) is 188 cm³/mol. The number of hydrogen-bond acceptors (Lipinski definition) is 9. The highest BCUT2D eigenvalue weighted by Crippen LogP contribution is 2.28. The van der Waals surface area contributed by atoms with E-state index >= 15 is 0 Å². The summed E-state index contributed by atoms with van der Waals surface area (Å²) in [6.45, 7) is 0. The first-order valence-electron chi connectivity index (χ1n) is 16.1. The highest BCUT2D eigenvalue weighted by atomic mass is 32.2. The number of amides is 5. The van der Waals surface area contributed by atoms with Crippen molar-refractivity contribution in [2.45, 2.75) is 74.4 Å². The number of sulfone groups is 1. The molecule has 268 valence electrons. The smallest absolute Gasteiger partial charge is 0.326 e. The molecule has 2 aromatic rings. The fourth-order valence-corrected chi connectivity index (χ4v) is 7.06. The van der Waals surface area contributed by atoms with Crippen molar-refractivity contribution >= 4 is 62.8 Å². The lowest BCUT2D eigenvalue weighted by molar-refractivity contribution is -0.142. The van der Waals surface area contributed by atoms with Gasteiger partial charge in [-0.15, -0.1) is 11.8 Å². The summed E-state index contributed by atoms with van der Waals surface area (Å²) in [4.78, 5) is 79.1. The van der Waals surface area contributed by atoms with Crippen LogP contribution in [0.1, 0.15) is 43.2 Å². The summed E-state index contributed by atoms with van der Waals surface area (Å²) in [5.74, 6) is -5.27. The highest BCUT2D eigenvalue weighted by Gasteiger charge is 2.33. The molecule has 5 atom stereocenters. The standard InChI is InChI=1S/C34H41N5O9S2/c1-50(47,48)17-15-25-31(42)38-26(18-21-6-3-2-4-7-21)32(43)39-28(34(45)46)19-22-9-11-23(12-10-22)35-29(40)13-14-30(41)36-27(33(44)37-25)20-24-8-5-16-49-24/h2-7,9-12,16,24-28H,8,13-15,17-20H2,1H3,(H,35,40)(H,36,41)(H,37,44)(H,38,42)(H,39,43)(H,45,46)/t24?,25-,26+,27+,28-/m0/s1. The van der Waals surface area contributed by atoms with Crippen molar-refractivity contribution in [1.29, 1.82) is 0 Å². The summed E-state index contributed by atoms with van der Waals surface area (Å²) in [5, 5.41) is 24.8. The van der Waals surface area contributed by atoms with Crippen LogP contribution in [0.2, 0.25) is 0 Å². The largest absolute Gasteiger partial charge is 0.480 e. The van der Waals surface area contributed by atoms with Crippen LogP contribution < -0.4 is 26.6 Å². The van der Waals surface area contributed by atoms with Crippen LogP contribution in [0.5, 0.6) is 0 Å². The maximum atomic E-state index is 13.8. The topological polar surface area (TPSA) is 217 Å². The van der Waals surface area contributed by atoms with Crippen molar-refractivity contribution in [3.05, 3.63) is 77.2 Å². The van der Waals surface area contributed by atoms with Crippen molar-refractivity contribution in [3.8, 4) is 0 Å². The van der Waals surface area contributed by atoms with Crippen LogP contribution in [0.3, 0.4) is 0 Å². The van der Waals surface area contributed by atoms with Crippen molar-refractivity contribution < 1.29 is 42.3 Å². The molecule has 3 aliphatic heterocycles. The van der Waals surface area contributed by atoms with E-state index in [1.165, 1.54) is 11.8 Å². The molecule has 0 saturated carbocycles. The predicted octanol–water partition coefficient (Wildman–Crippen LogP) is 1.07. The average Bonchev–Trinajstić information content (AvgIpc) is 3.58. The number of thioether (sulfide) groups is 1. The van der Waals surface area contributed by atoms with Crippen LogP contribution in [-0.4, -0.2) is 90.5 Å². The van der Waals surface area contributed by atoms with E-state index in [1.54, 1.807) is 54.6 Å². The van der Waals surface area contributed by atoms with Gasteiger partial charge < -0.3 is 31.7 Å². The Bertz CT molecular complexity index is 1690. The Morgan fingerprint density at radius 3 is 2.10 bits per heavy atom. The van der Waals surface area contributed by atoms with Crippen molar-refractivity contribution in [1.82, 2.24) is 21.3 Å². The van der Waals surface area contributed by atoms with E-state index in [0.717, 1.165) is 6.26 Å². The number of aliphatic carboxylic acids is 1. The van der Waals surface area contributed by atoms with Gasteiger partial charge in [-0.3, -0.25) is 24.0 Å². The Morgan fingerprint density at radius 2 is 1.46 bits per heavy atom. The zero-order chi connectivity index (χ0) is 36.3. The Balaban J connectivity index is 1.68. The number of carboxylic acids is 1. The van der Waals surface area contributed by atoms with Gasteiger partial charge in [0.25, 0.3) is 0 Å². The van der Waals surface area contributed by atoms with Crippen molar-refractivity contribution in [2.75, 3.05) is 17.3 Å². The van der Waals surface area contributed by atoms with Gasteiger partial charge >= 0.3 is 5.97 Å². The number of nitrogens with one attached hydrogen (secondary N) is 5. The maximum absolute atomic E-state index is 13.8. The van der Waals surface area contributed by atoms with E-state index < -0.39 is 75.3 Å². The molecule has 3 heterocycles. The molecule has 2 bridgehead atoms. The fourth-order valence-electron chi connectivity index (χ4n) is 5.43. The van der Waals surface area contributed by atoms with E-state index in [-0.39, 0.29) is 43.8 Å². The molecule has 0 aromatic heterocycles. The lowest BCUT2D eigenvalue weighted by atomic mass is 10.0. The average molecular weight is 728 g/mol. The second-order valence-corrected chi connectivity index (χ2v) is 15.8. The molecule has 2 aromatic carbocycles. The molecular weight excluding hydrogens is 687 g/mol. The Labute approximate surface area is 294 Å². The number of carboxylic acid groups (broad SMARTS) is 1. The second kappa shape index (κ2) is 17.8. The molecular formula is C34H41N5O9S2. The molecule has 0 spiro atoms. The number of carbonyl (C=O) groups excluding carboxylic acids is 5. The van der Waals surface area contributed by atoms with Gasteiger partial charge in [0, 0.05) is 42.9 Å². The minimum atomic E-state index is -3.60. The van der Waals surface area contributed by atoms with E-state index in [1.807, 2.05) is 11.5 Å². The molecule has 14 nitrogen and oxygen atoms in total. The highest BCUT2D eigenvalue weighted by molar-refractivity contribution is 8.03. The fraction of sp³-hybridized carbons (Fsp3) is 0.412. The van der Waals surface area contributed by atoms with Gasteiger partial charge in [-0.2, -0.15) is 0 Å². The first-order valence-corrected chi connectivity index (χ1v) is 19.1. The number of allylic oxidation sites excluding steroid dienone is 1. The number of anilines is 1. The van der Waals surface area contributed by atoms with Crippen LogP contribution in [0.25, 0.3) is 0 Å². The zero-order valence-electron chi connectivity index (χ0n) is 27.4. The zero-order valence-corrected chi connectivity index (χ0v) is 29.1. The summed E-state index contributed by atoms with van der Waals surface area (Å²) in [6, 6.07) is 9.74. The first-order chi connectivity index (χ1) is 23.8. The number of rotatable bonds is 8. The maximum Gasteiger partial charge on any atom is 0.326 e. The van der Waals surface area contributed by atoms with E-state index in [4.69, 9.17) is 0 Å². The Morgan fingerprint density at radius 1 is 0.820 bits per heavy atom. The second-order valence-electron chi connectivity index (χ2n) is 12.3. The molecule has 50 heavy (non-hydrogen) atoms. The molecule has 1 unspecified atom stereocenters. The van der Waals surface area contributed by atoms with Crippen LogP contribution in [-0.2, 0) is 51.4 Å². The summed E-state index contributed by atoms with van der Waals surface area (Å²) in [5.41, 5.74) is 1.59. The first kappa shape index (κ1) is 38.1. The molecule has 0 saturated heterocycles. The van der Waals surface area contributed by atoms with Crippen LogP contribution >= 0.6 is 11.8 Å². The molecule has 3 aliphatic rings. The number of hydrogen-bond donors (Lipinski definition) is 6. The van der Waals surface area contributed by atoms with Gasteiger partial charge in [-0.1, -0.05) is 48.5 Å². The molecule has 0 radical (unpaired) electrons. The SMILES string of the molecule is CS(=O)(=O)CC[C@@H]1NC(=O)[C@@H](CC2CC=CS2)NC(=O)CCC(=O)Nc2ccc(cc2)C[C@@H](C(=O)O)NC(=O)[C@@H](Cc2ccccc2)NC1=O. The molecule has 16 heteroatoms. The van der Waals surface area contributed by atoms with Gasteiger partial charge in [0.2, 0.25) is 29.5 Å². The molecule has 6 N–H and O–H groups in total. The summed E-state index contributed by atoms with van der Waals surface area (Å²) < 4.78 is 24.3. The van der Waals surface area contributed by atoms with Gasteiger partial charge in [0.1, 0.15) is 34.0 Å². The van der Waals surface area contributed by atoms with Crippen molar-refractivity contribution in [2.24, 2.45) is 0 Å². The minimum Gasteiger partial charge on any atom is -0.480 e. The summed E-state index contributed by atoms with van der Waals surface area (Å²) >= 11 is 1.48. The van der Waals surface area contributed by atoms with Crippen LogP contribution in [0.15, 0.2) is 66.1 Å². The summed E-state index contributed by atoms with van der Waals surface area (Å²) in [7, 11) is -3.60. The third kappa shape index (κ3) is 12.3. The Hall–Kier alpha value is -4.70. The van der Waals surface area contributed by atoms with E-state index in [9.17, 15) is 42.3 Å². The Kier molecular flexibility index (Phi) is 13.6. The van der Waals surface area contributed by atoms with Crippen LogP contribution in [0.4, 0.5) is 5.69 Å². The number of carbonyl (C=O) groups is 6. The van der Waals surface area contributed by atoms with Crippen molar-refractivity contribution in [3.63, 3.8) is 0 Å². The van der Waals surface area contributed by atoms with Gasteiger partial charge in [0.05, 0.1) is 5.75 Å². The monoisotopic (exact) mass is 727 g/mol. The van der Waals surface area contributed by atoms with Gasteiger partial charge in [-0.25, -0.2) is 13.2 Å². The lowest BCUT2D eigenvalue weighted by Gasteiger charge is -2.27. The third-order valence-electron chi connectivity index (χ3n) is 8.11. The quantitative estimate of drug-likeness (QED) is 0.213. The van der Waals surface area contributed by atoms with Crippen LogP contribution in [0, 0.1) is 0 Å². The normalized spacial score (nSPS) is 24.3. The lowest BCUT2D eigenvalue weighted by Crippen LogP contribution is -2.58. The molecule has 5 rings (SSSR count). The minimum absolute atomic E-state index is 0.0452. The van der Waals surface area contributed by atoms with E-state index in [0.29, 0.717) is 23.2 Å². The third-order valence-corrected chi connectivity index (χ3v) is 10.2. The number of benzene rings is 2. The molecule has 5 amide bonds. The van der Waals surface area contributed by atoms with E-state index in [2.05, 4.69) is 26.6 Å².